The van der Waals surface area contributed by atoms with Gasteiger partial charge in [0.2, 0.25) is 0 Å². The van der Waals surface area contributed by atoms with Gasteiger partial charge in [0.25, 0.3) is 5.91 Å². The molecule has 1 fully saturated rings. The number of carbonyl (C=O) groups is 1. The van der Waals surface area contributed by atoms with Crippen LogP contribution in [0.25, 0.3) is 0 Å². The molecule has 4 nitrogen and oxygen atoms in total. The first kappa shape index (κ1) is 12.5. The summed E-state index contributed by atoms with van der Waals surface area (Å²) in [6.07, 6.45) is 5.83. The van der Waals surface area contributed by atoms with E-state index in [0.717, 1.165) is 38.0 Å². The molecule has 19 heavy (non-hydrogen) atoms. The maximum Gasteiger partial charge on any atom is 0.265 e. The van der Waals surface area contributed by atoms with Gasteiger partial charge in [-0.15, -0.1) is 0 Å². The van der Waals surface area contributed by atoms with Crippen LogP contribution in [0.3, 0.4) is 0 Å². The van der Waals surface area contributed by atoms with Gasteiger partial charge in [-0.3, -0.25) is 10.2 Å². The molecule has 1 amide bonds. The molecule has 1 aromatic rings. The van der Waals surface area contributed by atoms with Crippen molar-refractivity contribution in [3.8, 4) is 0 Å². The van der Waals surface area contributed by atoms with E-state index in [-0.39, 0.29) is 5.91 Å². The summed E-state index contributed by atoms with van der Waals surface area (Å²) in [5, 5.41) is 5.41. The predicted octanol–water partition coefficient (Wildman–Crippen LogP) is 2.18. The van der Waals surface area contributed by atoms with Gasteiger partial charge in [0.1, 0.15) is 0 Å². The van der Waals surface area contributed by atoms with Crippen molar-refractivity contribution in [1.82, 2.24) is 10.4 Å². The lowest BCUT2D eigenvalue weighted by molar-refractivity contribution is 0.0750. The van der Waals surface area contributed by atoms with E-state index in [1.54, 1.807) is 0 Å². The van der Waals surface area contributed by atoms with Gasteiger partial charge >= 0.3 is 0 Å². The Hall–Kier alpha value is -1.55. The van der Waals surface area contributed by atoms with Gasteiger partial charge in [-0.1, -0.05) is 6.42 Å². The van der Waals surface area contributed by atoms with Crippen LogP contribution in [-0.2, 0) is 6.42 Å². The molecule has 2 N–H and O–H groups in total. The van der Waals surface area contributed by atoms with Crippen LogP contribution in [0.2, 0.25) is 0 Å². The fourth-order valence-corrected chi connectivity index (χ4v) is 2.83. The molecule has 0 atom stereocenters. The van der Waals surface area contributed by atoms with Crippen LogP contribution in [0.1, 0.15) is 41.6 Å². The zero-order valence-corrected chi connectivity index (χ0v) is 11.2. The molecule has 1 aromatic carbocycles. The highest BCUT2D eigenvalue weighted by Gasteiger charge is 2.16. The summed E-state index contributed by atoms with van der Waals surface area (Å²) in [5.74, 6) is 0.0234. The number of hydrogen-bond acceptors (Lipinski definition) is 3. The number of nitrogens with zero attached hydrogens (tertiary/aromatic N) is 1. The second kappa shape index (κ2) is 5.61. The van der Waals surface area contributed by atoms with Crippen molar-refractivity contribution in [3.63, 3.8) is 0 Å². The zero-order chi connectivity index (χ0) is 13.1. The van der Waals surface area contributed by atoms with Gasteiger partial charge in [0.05, 0.1) is 0 Å². The molecule has 0 aliphatic carbocycles. The number of benzene rings is 1. The number of anilines is 1. The predicted molar refractivity (Wildman–Crippen MR) is 76.1 cm³/mol. The van der Waals surface area contributed by atoms with Crippen molar-refractivity contribution in [2.45, 2.75) is 32.1 Å². The van der Waals surface area contributed by atoms with Crippen molar-refractivity contribution in [3.05, 3.63) is 29.3 Å². The third-order valence-corrected chi connectivity index (χ3v) is 3.92. The lowest BCUT2D eigenvalue weighted by Crippen LogP contribution is -2.45. The minimum Gasteiger partial charge on any atom is -0.385 e. The van der Waals surface area contributed by atoms with Gasteiger partial charge in [0, 0.05) is 30.9 Å². The van der Waals surface area contributed by atoms with Crippen molar-refractivity contribution in [2.24, 2.45) is 0 Å². The molecule has 0 bridgehead atoms. The van der Waals surface area contributed by atoms with Gasteiger partial charge in [-0.2, -0.15) is 0 Å². The second-order valence-corrected chi connectivity index (χ2v) is 5.39. The van der Waals surface area contributed by atoms with Gasteiger partial charge in [0.15, 0.2) is 0 Å². The van der Waals surface area contributed by atoms with Crippen LogP contribution in [0.4, 0.5) is 5.69 Å². The Balaban J connectivity index is 1.69. The summed E-state index contributed by atoms with van der Waals surface area (Å²) in [4.78, 5) is 12.2. The van der Waals surface area contributed by atoms with Crippen molar-refractivity contribution >= 4 is 11.6 Å². The number of aryl methyl sites for hydroxylation is 1. The monoisotopic (exact) mass is 259 g/mol. The average Bonchev–Trinajstić information content (AvgIpc) is 2.48. The summed E-state index contributed by atoms with van der Waals surface area (Å²) in [6.45, 7) is 2.97. The zero-order valence-electron chi connectivity index (χ0n) is 11.2. The molecular weight excluding hydrogens is 238 g/mol. The van der Waals surface area contributed by atoms with E-state index in [2.05, 4.69) is 10.7 Å². The topological polar surface area (TPSA) is 44.4 Å². The van der Waals surface area contributed by atoms with E-state index in [1.807, 2.05) is 23.2 Å². The lowest BCUT2D eigenvalue weighted by atomic mass is 10.0. The summed E-state index contributed by atoms with van der Waals surface area (Å²) >= 11 is 0. The summed E-state index contributed by atoms with van der Waals surface area (Å²) in [5.41, 5.74) is 6.23. The average molecular weight is 259 g/mol. The first-order chi connectivity index (χ1) is 9.33. The van der Waals surface area contributed by atoms with E-state index in [4.69, 9.17) is 0 Å². The fraction of sp³-hybridized carbons (Fsp3) is 0.533. The lowest BCUT2D eigenvalue weighted by Gasteiger charge is -2.27. The molecule has 4 heteroatoms. The molecule has 2 aliphatic rings. The summed E-state index contributed by atoms with van der Waals surface area (Å²) in [7, 11) is 0. The number of hydrazine groups is 1. The van der Waals surface area contributed by atoms with Gasteiger partial charge < -0.3 is 5.32 Å². The number of carbonyl (C=O) groups excluding carboxylic acids is 1. The molecule has 0 spiro atoms. The van der Waals surface area contributed by atoms with Crippen molar-refractivity contribution < 1.29 is 4.79 Å². The maximum absolute atomic E-state index is 12.2. The number of nitrogens with one attached hydrogen (secondary N) is 2. The van der Waals surface area contributed by atoms with E-state index in [1.165, 1.54) is 30.5 Å². The second-order valence-electron chi connectivity index (χ2n) is 5.39. The number of piperidine rings is 1. The number of rotatable bonds is 2. The minimum atomic E-state index is 0.0234. The maximum atomic E-state index is 12.2. The van der Waals surface area contributed by atoms with E-state index in [9.17, 15) is 4.79 Å². The largest absolute Gasteiger partial charge is 0.385 e. The third-order valence-electron chi connectivity index (χ3n) is 3.92. The Labute approximate surface area is 114 Å². The molecular formula is C15H21N3O. The Morgan fingerprint density at radius 2 is 2.00 bits per heavy atom. The normalized spacial score (nSPS) is 19.4. The van der Waals surface area contributed by atoms with Crippen molar-refractivity contribution in [2.75, 3.05) is 25.0 Å². The molecule has 3 rings (SSSR count). The van der Waals surface area contributed by atoms with Crippen LogP contribution in [0.15, 0.2) is 18.2 Å². The Bertz CT molecular complexity index is 466. The van der Waals surface area contributed by atoms with Gasteiger partial charge in [-0.05, 0) is 49.4 Å². The quantitative estimate of drug-likeness (QED) is 0.855. The molecule has 2 aliphatic heterocycles. The summed E-state index contributed by atoms with van der Waals surface area (Å²) in [6, 6.07) is 5.97. The first-order valence-electron chi connectivity index (χ1n) is 7.26. The van der Waals surface area contributed by atoms with Crippen molar-refractivity contribution in [1.29, 1.82) is 0 Å². The molecule has 2 heterocycles. The molecule has 0 saturated carbocycles. The number of hydrogen-bond donors (Lipinski definition) is 2. The van der Waals surface area contributed by atoms with Gasteiger partial charge in [-0.25, -0.2) is 5.01 Å². The highest BCUT2D eigenvalue weighted by Crippen LogP contribution is 2.22. The van der Waals surface area contributed by atoms with E-state index in [0.29, 0.717) is 0 Å². The summed E-state index contributed by atoms with van der Waals surface area (Å²) < 4.78 is 0. The van der Waals surface area contributed by atoms with Crippen LogP contribution in [0, 0.1) is 0 Å². The molecule has 0 radical (unpaired) electrons. The number of amides is 1. The minimum absolute atomic E-state index is 0.0234. The Morgan fingerprint density at radius 3 is 2.84 bits per heavy atom. The third kappa shape index (κ3) is 2.89. The van der Waals surface area contributed by atoms with Crippen LogP contribution in [0.5, 0.6) is 0 Å². The highest BCUT2D eigenvalue weighted by atomic mass is 16.2. The fourth-order valence-electron chi connectivity index (χ4n) is 2.83. The van der Waals surface area contributed by atoms with E-state index >= 15 is 0 Å². The van der Waals surface area contributed by atoms with Crippen LogP contribution in [-0.4, -0.2) is 30.6 Å². The SMILES string of the molecule is O=C(NN1CCCCC1)c1ccc2c(c1)CCCN2. The highest BCUT2D eigenvalue weighted by molar-refractivity contribution is 5.94. The number of fused-ring (bicyclic) bond motifs is 1. The van der Waals surface area contributed by atoms with E-state index < -0.39 is 0 Å². The van der Waals surface area contributed by atoms with Crippen LogP contribution < -0.4 is 10.7 Å². The molecule has 0 unspecified atom stereocenters. The Morgan fingerprint density at radius 1 is 1.16 bits per heavy atom. The smallest absolute Gasteiger partial charge is 0.265 e. The molecule has 0 aromatic heterocycles. The van der Waals surface area contributed by atoms with Crippen LogP contribution >= 0.6 is 0 Å². The first-order valence-corrected chi connectivity index (χ1v) is 7.26. The molecule has 1 saturated heterocycles. The molecule has 102 valence electrons. The Kier molecular flexibility index (Phi) is 3.69. The standard InChI is InChI=1S/C15H21N3O/c19-15(17-18-9-2-1-3-10-18)13-6-7-14-12(11-13)5-4-8-16-14/h6-7,11,16H,1-5,8-10H2,(H,17,19).